The molecule has 0 aliphatic carbocycles. The maximum atomic E-state index is 14.3. The molecule has 2 aliphatic rings. The molecule has 2 fully saturated rings. The summed E-state index contributed by atoms with van der Waals surface area (Å²) in [7, 11) is -5.31. The van der Waals surface area contributed by atoms with E-state index in [2.05, 4.69) is 31.2 Å². The summed E-state index contributed by atoms with van der Waals surface area (Å²) in [6.45, 7) is 12.7. The number of aromatic amines is 1. The predicted octanol–water partition coefficient (Wildman–Crippen LogP) is 5.21. The molecule has 25 heteroatoms. The van der Waals surface area contributed by atoms with E-state index in [0.717, 1.165) is 21.7 Å². The minimum atomic E-state index is -5.31. The van der Waals surface area contributed by atoms with Crippen LogP contribution >= 0.6 is 30.5 Å². The van der Waals surface area contributed by atoms with Crippen molar-refractivity contribution in [2.75, 3.05) is 19.7 Å². The number of hydrogen-bond donors (Lipinski definition) is 8. The summed E-state index contributed by atoms with van der Waals surface area (Å²) in [5, 5.41) is 22.9. The number of primary amides is 1. The van der Waals surface area contributed by atoms with Gasteiger partial charge in [-0.2, -0.15) is 0 Å². The topological polar surface area (TPSA) is 336 Å². The standard InChI is InChI=1S/C58H73ClN9O13PS/c1-31(2)49(66-52(72)42-26-38-25-37(20-22-41(38)64-42)57(77)82(78,79)80)55(75)67-24-10-13-43(67)53(73)63-39(21-23-46(60)70)29-81-45-14-8-11-35(48(45)59)12-9-15-47(71)65-51(58(5,6)7)56(76)68-28-40(69)27-44(68)54(74)62-32(3)34-16-18-36(19-17-34)50-33(4)61-30-83-50/h8,11,14,16-20,22,25-26,30-32,39-40,43-44,49,51,64,69H,9-10,12-13,15,21,23-24,27-29H2,1-7H3,(H2,60,70)(H,62,74)(H,63,73)(H,65,71)(H,66,72)(H2,78,79,80)/p-1/t32-,39-,40+,43-,44-,49-,51+/m0/s1. The van der Waals surface area contributed by atoms with E-state index in [1.165, 1.54) is 34.1 Å². The lowest BCUT2D eigenvalue weighted by atomic mass is 9.85. The van der Waals surface area contributed by atoms with Crippen LogP contribution in [0.15, 0.2) is 72.2 Å². The molecule has 2 saturated heterocycles. The summed E-state index contributed by atoms with van der Waals surface area (Å²) in [5.41, 5.74) is 8.59. The molecule has 9 N–H and O–H groups in total. The number of amides is 7. The predicted molar refractivity (Wildman–Crippen MR) is 310 cm³/mol. The summed E-state index contributed by atoms with van der Waals surface area (Å²) < 4.78 is 17.6. The molecule has 7 rings (SSSR count). The summed E-state index contributed by atoms with van der Waals surface area (Å²) in [4.78, 5) is 139. The number of benzene rings is 3. The first-order chi connectivity index (χ1) is 39.1. The highest BCUT2D eigenvalue weighted by molar-refractivity contribution is 7.69. The van der Waals surface area contributed by atoms with E-state index in [0.29, 0.717) is 42.1 Å². The summed E-state index contributed by atoms with van der Waals surface area (Å²) in [6, 6.07) is 12.9. The molecule has 83 heavy (non-hydrogen) atoms. The van der Waals surface area contributed by atoms with Gasteiger partial charge in [0.05, 0.1) is 39.3 Å². The Morgan fingerprint density at radius 2 is 1.64 bits per heavy atom. The van der Waals surface area contributed by atoms with Crippen molar-refractivity contribution in [2.45, 2.75) is 142 Å². The Hall–Kier alpha value is -7.01. The zero-order chi connectivity index (χ0) is 60.7. The molecular formula is C58H72ClN9O13PS-. The van der Waals surface area contributed by atoms with E-state index in [9.17, 15) is 57.8 Å². The van der Waals surface area contributed by atoms with Crippen molar-refractivity contribution < 1.29 is 62.6 Å². The van der Waals surface area contributed by atoms with E-state index in [1.54, 1.807) is 48.9 Å². The van der Waals surface area contributed by atoms with Crippen LogP contribution in [-0.4, -0.2) is 133 Å². The molecule has 0 spiro atoms. The number of rotatable bonds is 24. The van der Waals surface area contributed by atoms with Crippen LogP contribution in [0.3, 0.4) is 0 Å². The third-order valence-electron chi connectivity index (χ3n) is 14.9. The van der Waals surface area contributed by atoms with Gasteiger partial charge in [0.1, 0.15) is 42.2 Å². The van der Waals surface area contributed by atoms with Gasteiger partial charge in [0.2, 0.25) is 48.6 Å². The largest absolute Gasteiger partial charge is 0.773 e. The van der Waals surface area contributed by atoms with E-state index in [4.69, 9.17) is 22.1 Å². The van der Waals surface area contributed by atoms with E-state index in [-0.39, 0.29) is 67.4 Å². The van der Waals surface area contributed by atoms with Crippen LogP contribution in [0, 0.1) is 18.3 Å². The fourth-order valence-corrected chi connectivity index (χ4v) is 11.9. The Bertz CT molecular complexity index is 3280. The van der Waals surface area contributed by atoms with Gasteiger partial charge in [-0.3, -0.25) is 38.4 Å². The van der Waals surface area contributed by atoms with E-state index in [1.807, 2.05) is 58.9 Å². The first-order valence-corrected chi connectivity index (χ1v) is 30.3. The highest BCUT2D eigenvalue weighted by Gasteiger charge is 2.45. The third-order valence-corrected chi connectivity index (χ3v) is 17.1. The average molecular weight is 1200 g/mol. The summed E-state index contributed by atoms with van der Waals surface area (Å²) in [6.07, 6.45) is 0.529. The second-order valence-electron chi connectivity index (χ2n) is 22.7. The number of likely N-dealkylation sites (tertiary alicyclic amines) is 2. The molecule has 0 saturated carbocycles. The second kappa shape index (κ2) is 27.1. The van der Waals surface area contributed by atoms with E-state index < -0.39 is 108 Å². The number of aromatic nitrogens is 2. The fraction of sp³-hybridized carbons (Fsp3) is 0.466. The van der Waals surface area contributed by atoms with Gasteiger partial charge in [0.25, 0.3) is 5.91 Å². The second-order valence-corrected chi connectivity index (χ2v) is 25.4. The van der Waals surface area contributed by atoms with Crippen LogP contribution in [-0.2, 0) is 39.8 Å². The average Bonchev–Trinajstić information content (AvgIpc) is 4.50. The number of H-pyrrole nitrogens is 1. The van der Waals surface area contributed by atoms with Crippen molar-refractivity contribution >= 4 is 88.3 Å². The smallest absolute Gasteiger partial charge is 0.268 e. The van der Waals surface area contributed by atoms with Crippen LogP contribution < -0.4 is 36.6 Å². The lowest BCUT2D eigenvalue weighted by molar-refractivity contribution is -0.189. The lowest BCUT2D eigenvalue weighted by Gasteiger charge is -2.35. The number of fused-ring (bicyclic) bond motifs is 1. The molecule has 446 valence electrons. The number of aryl methyl sites for hydroxylation is 2. The molecule has 5 aromatic rings. The maximum Gasteiger partial charge on any atom is 0.268 e. The number of halogens is 1. The van der Waals surface area contributed by atoms with E-state index >= 15 is 0 Å². The van der Waals surface area contributed by atoms with Crippen molar-refractivity contribution in [3.63, 3.8) is 0 Å². The van der Waals surface area contributed by atoms with Crippen molar-refractivity contribution in [2.24, 2.45) is 17.1 Å². The van der Waals surface area contributed by atoms with Gasteiger partial charge >= 0.3 is 0 Å². The molecule has 2 aromatic heterocycles. The molecule has 1 unspecified atom stereocenters. The zero-order valence-corrected chi connectivity index (χ0v) is 49.8. The number of nitrogens with two attached hydrogens (primary N) is 1. The third kappa shape index (κ3) is 16.0. The molecular weight excluding hydrogens is 1130 g/mol. The van der Waals surface area contributed by atoms with Crippen molar-refractivity contribution in [1.82, 2.24) is 41.0 Å². The first kappa shape index (κ1) is 63.6. The van der Waals surface area contributed by atoms with Gasteiger partial charge in [0.15, 0.2) is 0 Å². The minimum absolute atomic E-state index is 0.00483. The Labute approximate surface area is 490 Å². The van der Waals surface area contributed by atoms with Gasteiger partial charge in [-0.05, 0) is 104 Å². The number of hydrogen-bond acceptors (Lipinski definition) is 14. The van der Waals surface area contributed by atoms with Gasteiger partial charge in [0, 0.05) is 48.8 Å². The first-order valence-electron chi connectivity index (χ1n) is 27.5. The van der Waals surface area contributed by atoms with Gasteiger partial charge in [-0.15, -0.1) is 11.3 Å². The molecule has 3 aromatic carbocycles. The number of β-amino-alcohol motifs (C(OH)–C–C–N with tert-alkyl or cyclic N) is 1. The summed E-state index contributed by atoms with van der Waals surface area (Å²) in [5.74, 6) is -3.81. The number of ether oxygens (including phenoxy) is 1. The molecule has 0 bridgehead atoms. The number of carbonyl (C=O) groups excluding carboxylic acids is 8. The SMILES string of the molecule is Cc1ncsc1-c1ccc([C@H](C)NC(=O)[C@@H]2C[C@@H](O)CN2C(=O)[C@@H](NC(=O)CCCc2cccc(OC[C@H](CCC(N)=O)NC(=O)[C@@H]3CCCN3C(=O)[C@@H](NC(=O)c3cc4cc(C(=O)P(=O)([O-])O)ccc4[nH]3)C(C)C)c2Cl)C(C)(C)C)cc1. The summed E-state index contributed by atoms with van der Waals surface area (Å²) >= 11 is 8.43. The number of nitrogens with one attached hydrogen (secondary N) is 5. The number of nitrogens with zero attached hydrogens (tertiary/aromatic N) is 3. The number of aliphatic hydroxyl groups is 1. The van der Waals surface area contributed by atoms with Crippen LogP contribution in [0.25, 0.3) is 21.3 Å². The highest BCUT2D eigenvalue weighted by Crippen LogP contribution is 2.36. The number of aliphatic hydroxyl groups excluding tert-OH is 1. The Morgan fingerprint density at radius 3 is 2.29 bits per heavy atom. The molecule has 0 radical (unpaired) electrons. The Balaban J connectivity index is 0.925. The van der Waals surface area contributed by atoms with Gasteiger partial charge in [-0.1, -0.05) is 82.6 Å². The van der Waals surface area contributed by atoms with Crippen LogP contribution in [0.4, 0.5) is 0 Å². The Morgan fingerprint density at radius 1 is 0.928 bits per heavy atom. The molecule has 7 amide bonds. The number of carbonyl (C=O) groups is 8. The molecule has 8 atom stereocenters. The normalized spacial score (nSPS) is 18.4. The molecule has 4 heterocycles. The fourth-order valence-electron chi connectivity index (χ4n) is 10.3. The van der Waals surface area contributed by atoms with Gasteiger partial charge in [-0.25, -0.2) is 4.98 Å². The van der Waals surface area contributed by atoms with Crippen LogP contribution in [0.5, 0.6) is 5.75 Å². The molecule has 22 nitrogen and oxygen atoms in total. The quantitative estimate of drug-likeness (QED) is 0.0368. The Kier molecular flexibility index (Phi) is 20.8. The lowest BCUT2D eigenvalue weighted by Crippen LogP contribution is -2.57. The van der Waals surface area contributed by atoms with Crippen molar-refractivity contribution in [3.8, 4) is 16.2 Å². The minimum Gasteiger partial charge on any atom is -0.773 e. The van der Waals surface area contributed by atoms with Crippen molar-refractivity contribution in [3.05, 3.63) is 105 Å². The van der Waals surface area contributed by atoms with Crippen molar-refractivity contribution in [1.29, 1.82) is 0 Å². The molecule has 2 aliphatic heterocycles. The highest BCUT2D eigenvalue weighted by atomic mass is 35.5. The zero-order valence-electron chi connectivity index (χ0n) is 47.4. The maximum absolute atomic E-state index is 14.3. The monoisotopic (exact) mass is 1200 g/mol. The van der Waals surface area contributed by atoms with Gasteiger partial charge < -0.3 is 66.0 Å². The van der Waals surface area contributed by atoms with Crippen LogP contribution in [0.1, 0.15) is 130 Å². The number of thiazole rings is 1. The van der Waals surface area contributed by atoms with Crippen LogP contribution in [0.2, 0.25) is 5.02 Å².